The molecule has 0 radical (unpaired) electrons. The molecule has 0 saturated heterocycles. The average molecular weight is 296 g/mol. The summed E-state index contributed by atoms with van der Waals surface area (Å²) in [4.78, 5) is 8.89. The summed E-state index contributed by atoms with van der Waals surface area (Å²) < 4.78 is 0.807. The van der Waals surface area contributed by atoms with Gasteiger partial charge in [-0.2, -0.15) is 0 Å². The van der Waals surface area contributed by atoms with Gasteiger partial charge in [-0.3, -0.25) is 0 Å². The molecule has 17 heavy (non-hydrogen) atoms. The third-order valence-electron chi connectivity index (χ3n) is 2.10. The minimum atomic E-state index is -0.0521. The Hall–Kier alpha value is -1.08. The van der Waals surface area contributed by atoms with E-state index in [1.165, 1.54) is 0 Å². The predicted molar refractivity (Wildman–Crippen MR) is 75.0 cm³/mol. The smallest absolute Gasteiger partial charge is 0.137 e. The topological polar surface area (TPSA) is 37.8 Å². The van der Waals surface area contributed by atoms with Crippen molar-refractivity contribution < 1.29 is 0 Å². The van der Waals surface area contributed by atoms with E-state index < -0.39 is 0 Å². The lowest BCUT2D eigenvalue weighted by atomic mass is 9.96. The van der Waals surface area contributed by atoms with Crippen LogP contribution in [0.5, 0.6) is 0 Å². The lowest BCUT2D eigenvalue weighted by Gasteiger charge is -2.17. The standard InChI is InChI=1S/C13H18BrN3/c1-5-6-7-8-15-11-9-10(14)16-12(17-11)13(2,3)4/h9H,7-8H2,1-4H3,(H,15,16,17). The molecule has 0 aliphatic rings. The van der Waals surface area contributed by atoms with Crippen LogP contribution in [0.2, 0.25) is 0 Å². The maximum Gasteiger partial charge on any atom is 0.137 e. The molecule has 0 aliphatic carbocycles. The van der Waals surface area contributed by atoms with Crippen LogP contribution in [0.15, 0.2) is 10.7 Å². The summed E-state index contributed by atoms with van der Waals surface area (Å²) in [6.45, 7) is 8.94. The second-order valence-electron chi connectivity index (χ2n) is 4.75. The third kappa shape index (κ3) is 4.74. The number of nitrogens with zero attached hydrogens (tertiary/aromatic N) is 2. The van der Waals surface area contributed by atoms with E-state index in [9.17, 15) is 0 Å². The van der Waals surface area contributed by atoms with Crippen LogP contribution < -0.4 is 5.32 Å². The first-order valence-corrected chi connectivity index (χ1v) is 6.41. The van der Waals surface area contributed by atoms with E-state index in [0.29, 0.717) is 0 Å². The van der Waals surface area contributed by atoms with E-state index in [2.05, 4.69) is 63.8 Å². The second-order valence-corrected chi connectivity index (χ2v) is 5.57. The zero-order valence-corrected chi connectivity index (χ0v) is 12.3. The van der Waals surface area contributed by atoms with Gasteiger partial charge in [0, 0.05) is 24.4 Å². The van der Waals surface area contributed by atoms with Crippen molar-refractivity contribution in [1.82, 2.24) is 9.97 Å². The van der Waals surface area contributed by atoms with E-state index in [4.69, 9.17) is 0 Å². The molecule has 1 heterocycles. The molecule has 1 rings (SSSR count). The number of nitrogens with one attached hydrogen (secondary N) is 1. The molecule has 0 aliphatic heterocycles. The van der Waals surface area contributed by atoms with Crippen molar-refractivity contribution in [3.8, 4) is 11.8 Å². The van der Waals surface area contributed by atoms with Gasteiger partial charge in [-0.1, -0.05) is 20.8 Å². The highest BCUT2D eigenvalue weighted by molar-refractivity contribution is 9.10. The van der Waals surface area contributed by atoms with Gasteiger partial charge in [0.1, 0.15) is 16.2 Å². The lowest BCUT2D eigenvalue weighted by Crippen LogP contribution is -2.17. The Kier molecular flexibility index (Phi) is 4.95. The Morgan fingerprint density at radius 2 is 2.06 bits per heavy atom. The second kappa shape index (κ2) is 6.02. The molecule has 1 aromatic heterocycles. The highest BCUT2D eigenvalue weighted by Gasteiger charge is 2.18. The van der Waals surface area contributed by atoms with Gasteiger partial charge < -0.3 is 5.32 Å². The van der Waals surface area contributed by atoms with Gasteiger partial charge in [0.25, 0.3) is 0 Å². The monoisotopic (exact) mass is 295 g/mol. The minimum absolute atomic E-state index is 0.0521. The molecule has 4 heteroatoms. The van der Waals surface area contributed by atoms with Crippen LogP contribution in [0.25, 0.3) is 0 Å². The van der Waals surface area contributed by atoms with Gasteiger partial charge in [0.15, 0.2) is 0 Å². The number of rotatable bonds is 3. The quantitative estimate of drug-likeness (QED) is 0.528. The molecule has 1 N–H and O–H groups in total. The van der Waals surface area contributed by atoms with Crippen LogP contribution in [-0.2, 0) is 5.41 Å². The first kappa shape index (κ1) is 14.0. The highest BCUT2D eigenvalue weighted by atomic mass is 79.9. The van der Waals surface area contributed by atoms with E-state index >= 15 is 0 Å². The van der Waals surface area contributed by atoms with Crippen molar-refractivity contribution in [2.75, 3.05) is 11.9 Å². The van der Waals surface area contributed by atoms with E-state index in [0.717, 1.165) is 29.2 Å². The zero-order chi connectivity index (χ0) is 12.9. The Labute approximate surface area is 112 Å². The van der Waals surface area contributed by atoms with E-state index in [-0.39, 0.29) is 5.41 Å². The summed E-state index contributed by atoms with van der Waals surface area (Å²) in [5, 5.41) is 3.25. The van der Waals surface area contributed by atoms with Crippen molar-refractivity contribution in [3.63, 3.8) is 0 Å². The fourth-order valence-electron chi connectivity index (χ4n) is 1.22. The Morgan fingerprint density at radius 1 is 1.35 bits per heavy atom. The van der Waals surface area contributed by atoms with Crippen LogP contribution >= 0.6 is 15.9 Å². The summed E-state index contributed by atoms with van der Waals surface area (Å²) in [7, 11) is 0. The van der Waals surface area contributed by atoms with Gasteiger partial charge >= 0.3 is 0 Å². The van der Waals surface area contributed by atoms with Gasteiger partial charge in [-0.25, -0.2) is 9.97 Å². The predicted octanol–water partition coefficient (Wildman–Crippen LogP) is 3.36. The summed E-state index contributed by atoms with van der Waals surface area (Å²) >= 11 is 3.41. The molecule has 0 atom stereocenters. The fraction of sp³-hybridized carbons (Fsp3) is 0.538. The molecular weight excluding hydrogens is 278 g/mol. The normalized spacial score (nSPS) is 10.6. The van der Waals surface area contributed by atoms with Crippen LogP contribution in [0.3, 0.4) is 0 Å². The molecule has 3 nitrogen and oxygen atoms in total. The lowest BCUT2D eigenvalue weighted by molar-refractivity contribution is 0.544. The number of hydrogen-bond acceptors (Lipinski definition) is 3. The maximum atomic E-state index is 4.50. The highest BCUT2D eigenvalue weighted by Crippen LogP contribution is 2.22. The zero-order valence-electron chi connectivity index (χ0n) is 10.8. The number of halogens is 1. The number of hydrogen-bond donors (Lipinski definition) is 1. The van der Waals surface area contributed by atoms with E-state index in [1.54, 1.807) is 0 Å². The minimum Gasteiger partial charge on any atom is -0.369 e. The largest absolute Gasteiger partial charge is 0.369 e. The molecule has 0 spiro atoms. The van der Waals surface area contributed by atoms with Crippen LogP contribution in [0, 0.1) is 11.8 Å². The molecule has 0 fully saturated rings. The van der Waals surface area contributed by atoms with Crippen molar-refractivity contribution in [2.45, 2.75) is 39.5 Å². The van der Waals surface area contributed by atoms with Crippen LogP contribution in [-0.4, -0.2) is 16.5 Å². The molecule has 0 bridgehead atoms. The summed E-state index contributed by atoms with van der Waals surface area (Å²) in [6, 6.07) is 1.88. The van der Waals surface area contributed by atoms with Crippen LogP contribution in [0.1, 0.15) is 39.9 Å². The molecule has 0 saturated carbocycles. The number of aromatic nitrogens is 2. The van der Waals surface area contributed by atoms with Gasteiger partial charge in [0.2, 0.25) is 0 Å². The first-order chi connectivity index (χ1) is 7.93. The van der Waals surface area contributed by atoms with E-state index in [1.807, 2.05) is 13.0 Å². The Balaban J connectivity index is 2.78. The van der Waals surface area contributed by atoms with Crippen molar-refractivity contribution in [1.29, 1.82) is 0 Å². The summed E-state index contributed by atoms with van der Waals surface area (Å²) in [6.07, 6.45) is 0.822. The third-order valence-corrected chi connectivity index (χ3v) is 2.50. The van der Waals surface area contributed by atoms with Gasteiger partial charge in [-0.05, 0) is 22.9 Å². The fourth-order valence-corrected chi connectivity index (χ4v) is 1.61. The Bertz CT molecular complexity index is 438. The molecule has 0 amide bonds. The molecule has 92 valence electrons. The Morgan fingerprint density at radius 3 is 2.65 bits per heavy atom. The molecule has 0 aromatic carbocycles. The van der Waals surface area contributed by atoms with Crippen molar-refractivity contribution >= 4 is 21.7 Å². The van der Waals surface area contributed by atoms with Gasteiger partial charge in [0.05, 0.1) is 0 Å². The average Bonchev–Trinajstić information content (AvgIpc) is 2.22. The number of anilines is 1. The maximum absolute atomic E-state index is 4.50. The molecular formula is C13H18BrN3. The van der Waals surface area contributed by atoms with Crippen LogP contribution in [0.4, 0.5) is 5.82 Å². The molecule has 0 unspecified atom stereocenters. The summed E-state index contributed by atoms with van der Waals surface area (Å²) in [5.74, 6) is 7.55. The molecule has 1 aromatic rings. The van der Waals surface area contributed by atoms with Crippen molar-refractivity contribution in [2.24, 2.45) is 0 Å². The first-order valence-electron chi connectivity index (χ1n) is 5.62. The van der Waals surface area contributed by atoms with Gasteiger partial charge in [-0.15, -0.1) is 11.8 Å². The van der Waals surface area contributed by atoms with Crippen molar-refractivity contribution in [3.05, 3.63) is 16.5 Å². The SMILES string of the molecule is CC#CCCNc1cc(Br)nc(C(C)(C)C)n1. The summed E-state index contributed by atoms with van der Waals surface area (Å²) in [5.41, 5.74) is -0.0521.